The molecule has 0 aromatic carbocycles. The van der Waals surface area contributed by atoms with Crippen LogP contribution in [0.3, 0.4) is 0 Å². The van der Waals surface area contributed by atoms with Crippen molar-refractivity contribution < 1.29 is 23.0 Å². The number of fused-ring (bicyclic) bond motifs is 3. The van der Waals surface area contributed by atoms with Crippen LogP contribution in [0.1, 0.15) is 44.3 Å². The number of anilines is 1. The molecule has 4 rings (SSSR count). The van der Waals surface area contributed by atoms with E-state index >= 15 is 0 Å². The number of rotatable bonds is 8. The van der Waals surface area contributed by atoms with Crippen molar-refractivity contribution in [3.8, 4) is 17.3 Å². The minimum atomic E-state index is -4.06. The maximum Gasteiger partial charge on any atom is 0.240 e. The summed E-state index contributed by atoms with van der Waals surface area (Å²) in [5.74, 6) is 0.958. The number of sulfonamides is 1. The summed E-state index contributed by atoms with van der Waals surface area (Å²) in [7, 11) is -4.06. The second kappa shape index (κ2) is 9.60. The molecular weight excluding hydrogens is 462 g/mol. The summed E-state index contributed by atoms with van der Waals surface area (Å²) >= 11 is 0. The lowest BCUT2D eigenvalue weighted by molar-refractivity contribution is 0.00152. The van der Waals surface area contributed by atoms with Crippen molar-refractivity contribution >= 4 is 16.0 Å². The molecule has 0 unspecified atom stereocenters. The molecular formula is C21H27N7O5S. The highest BCUT2D eigenvalue weighted by Crippen LogP contribution is 2.35. The van der Waals surface area contributed by atoms with Gasteiger partial charge in [0.25, 0.3) is 0 Å². The SMILES string of the molecule is Cc1cnc([C@H](OC(C)C)[C@H](C)S(=O)(=O)Nc2nnc3n2[C@H](CO)COc2cccnc2-3)nc1. The van der Waals surface area contributed by atoms with Crippen molar-refractivity contribution in [3.05, 3.63) is 42.1 Å². The second-order valence-electron chi connectivity index (χ2n) is 8.29. The van der Waals surface area contributed by atoms with Gasteiger partial charge in [-0.1, -0.05) is 0 Å². The fraction of sp³-hybridized carbons (Fsp3) is 0.476. The lowest BCUT2D eigenvalue weighted by Gasteiger charge is -2.26. The Balaban J connectivity index is 1.69. The van der Waals surface area contributed by atoms with E-state index in [0.29, 0.717) is 11.4 Å². The second-order valence-corrected chi connectivity index (χ2v) is 10.3. The molecule has 34 heavy (non-hydrogen) atoms. The Morgan fingerprint density at radius 1 is 1.24 bits per heavy atom. The summed E-state index contributed by atoms with van der Waals surface area (Å²) in [4.78, 5) is 12.9. The third kappa shape index (κ3) is 4.72. The largest absolute Gasteiger partial charge is 0.489 e. The van der Waals surface area contributed by atoms with Crippen molar-refractivity contribution in [2.45, 2.75) is 51.2 Å². The highest BCUT2D eigenvalue weighted by atomic mass is 32.2. The van der Waals surface area contributed by atoms with Gasteiger partial charge in [0.05, 0.1) is 18.8 Å². The van der Waals surface area contributed by atoms with E-state index in [1.165, 1.54) is 11.5 Å². The minimum Gasteiger partial charge on any atom is -0.489 e. The van der Waals surface area contributed by atoms with Crippen LogP contribution in [-0.2, 0) is 14.8 Å². The van der Waals surface area contributed by atoms with Crippen molar-refractivity contribution in [1.29, 1.82) is 0 Å². The van der Waals surface area contributed by atoms with E-state index in [-0.39, 0.29) is 36.9 Å². The summed E-state index contributed by atoms with van der Waals surface area (Å²) in [5.41, 5.74) is 1.25. The van der Waals surface area contributed by atoms with Crippen LogP contribution >= 0.6 is 0 Å². The van der Waals surface area contributed by atoms with Crippen molar-refractivity contribution in [2.75, 3.05) is 17.9 Å². The summed E-state index contributed by atoms with van der Waals surface area (Å²) < 4.78 is 42.5. The number of hydrogen-bond donors (Lipinski definition) is 2. The molecule has 2 N–H and O–H groups in total. The van der Waals surface area contributed by atoms with Gasteiger partial charge in [0.15, 0.2) is 11.6 Å². The van der Waals surface area contributed by atoms with Crippen LogP contribution in [0.25, 0.3) is 11.5 Å². The quantitative estimate of drug-likeness (QED) is 0.477. The van der Waals surface area contributed by atoms with E-state index in [2.05, 4.69) is 29.9 Å². The van der Waals surface area contributed by atoms with Crippen LogP contribution in [0.4, 0.5) is 5.95 Å². The zero-order chi connectivity index (χ0) is 24.5. The standard InChI is InChI=1S/C21H27N7O5S/c1-12(2)33-18(19-23-8-13(3)9-24-19)14(4)34(30,31)27-21-26-25-20-17-16(6-5-7-22-17)32-11-15(10-29)28(20)21/h5-9,12,14-15,18,29H,10-11H2,1-4H3,(H,26,27)/t14-,15+,18+/m0/s1. The average molecular weight is 490 g/mol. The Labute approximate surface area is 197 Å². The fourth-order valence-electron chi connectivity index (χ4n) is 3.55. The molecule has 3 atom stereocenters. The van der Waals surface area contributed by atoms with E-state index in [4.69, 9.17) is 9.47 Å². The van der Waals surface area contributed by atoms with Crippen molar-refractivity contribution in [3.63, 3.8) is 0 Å². The third-order valence-corrected chi connectivity index (χ3v) is 7.00. The Morgan fingerprint density at radius 2 is 1.97 bits per heavy atom. The molecule has 1 aliphatic heterocycles. The smallest absolute Gasteiger partial charge is 0.240 e. The van der Waals surface area contributed by atoms with Gasteiger partial charge in [-0.2, -0.15) is 0 Å². The van der Waals surface area contributed by atoms with E-state index in [1.807, 2.05) is 20.8 Å². The summed E-state index contributed by atoms with van der Waals surface area (Å²) in [6, 6.07) is 2.81. The molecule has 0 spiro atoms. The molecule has 1 aliphatic rings. The Hall–Kier alpha value is -3.16. The van der Waals surface area contributed by atoms with Gasteiger partial charge in [-0.3, -0.25) is 9.29 Å². The molecule has 182 valence electrons. The molecule has 0 aliphatic carbocycles. The first kappa shape index (κ1) is 24.0. The van der Waals surface area contributed by atoms with Gasteiger partial charge in [-0.25, -0.2) is 23.4 Å². The molecule has 0 saturated carbocycles. The van der Waals surface area contributed by atoms with Gasteiger partial charge in [-0.15, -0.1) is 10.2 Å². The number of pyridine rings is 1. The number of aliphatic hydroxyl groups is 1. The molecule has 4 heterocycles. The summed E-state index contributed by atoms with van der Waals surface area (Å²) in [6.45, 7) is 6.74. The van der Waals surface area contributed by atoms with Crippen LogP contribution in [0.15, 0.2) is 30.7 Å². The normalized spacial score (nSPS) is 17.3. The van der Waals surface area contributed by atoms with Gasteiger partial charge >= 0.3 is 0 Å². The van der Waals surface area contributed by atoms with Gasteiger partial charge in [-0.05, 0) is 45.4 Å². The predicted octanol–water partition coefficient (Wildman–Crippen LogP) is 1.66. The number of nitrogens with zero attached hydrogens (tertiary/aromatic N) is 6. The Kier molecular flexibility index (Phi) is 6.77. The lowest BCUT2D eigenvalue weighted by atomic mass is 10.2. The first-order valence-corrected chi connectivity index (χ1v) is 12.4. The zero-order valence-electron chi connectivity index (χ0n) is 19.3. The van der Waals surface area contributed by atoms with Crippen LogP contribution in [0, 0.1) is 6.92 Å². The molecule has 0 fully saturated rings. The van der Waals surface area contributed by atoms with Crippen LogP contribution in [0.5, 0.6) is 5.75 Å². The maximum absolute atomic E-state index is 13.4. The zero-order valence-corrected chi connectivity index (χ0v) is 20.1. The number of aliphatic hydroxyl groups excluding tert-OH is 1. The Morgan fingerprint density at radius 3 is 2.65 bits per heavy atom. The van der Waals surface area contributed by atoms with Gasteiger partial charge < -0.3 is 14.6 Å². The Bertz CT molecular complexity index is 1250. The summed E-state index contributed by atoms with van der Waals surface area (Å²) in [5, 5.41) is 17.1. The molecule has 0 bridgehead atoms. The fourth-order valence-corrected chi connectivity index (χ4v) is 4.64. The van der Waals surface area contributed by atoms with Gasteiger partial charge in [0, 0.05) is 18.6 Å². The van der Waals surface area contributed by atoms with Crippen LogP contribution in [-0.4, -0.2) is 67.8 Å². The molecule has 3 aromatic rings. The van der Waals surface area contributed by atoms with Crippen molar-refractivity contribution in [2.24, 2.45) is 0 Å². The van der Waals surface area contributed by atoms with Crippen LogP contribution in [0.2, 0.25) is 0 Å². The van der Waals surface area contributed by atoms with E-state index < -0.39 is 27.4 Å². The monoisotopic (exact) mass is 489 g/mol. The van der Waals surface area contributed by atoms with E-state index in [9.17, 15) is 13.5 Å². The predicted molar refractivity (Wildman–Crippen MR) is 123 cm³/mol. The summed E-state index contributed by atoms with van der Waals surface area (Å²) in [6.07, 6.45) is 3.60. The molecule has 3 aromatic heterocycles. The number of ether oxygens (including phenoxy) is 2. The number of aryl methyl sites for hydroxylation is 1. The number of nitrogens with one attached hydrogen (secondary N) is 1. The average Bonchev–Trinajstić information content (AvgIpc) is 3.12. The molecule has 13 heteroatoms. The highest BCUT2D eigenvalue weighted by Gasteiger charge is 2.37. The molecule has 0 saturated heterocycles. The number of hydrogen-bond acceptors (Lipinski definition) is 10. The first-order chi connectivity index (χ1) is 16.2. The van der Waals surface area contributed by atoms with Gasteiger partial charge in [0.2, 0.25) is 16.0 Å². The lowest BCUT2D eigenvalue weighted by Crippen LogP contribution is -2.35. The molecule has 0 amide bonds. The first-order valence-electron chi connectivity index (χ1n) is 10.8. The van der Waals surface area contributed by atoms with Crippen molar-refractivity contribution in [1.82, 2.24) is 29.7 Å². The molecule has 0 radical (unpaired) electrons. The molecule has 12 nitrogen and oxygen atoms in total. The number of aromatic nitrogens is 6. The van der Waals surface area contributed by atoms with Gasteiger partial charge in [0.1, 0.15) is 29.4 Å². The van der Waals surface area contributed by atoms with E-state index in [0.717, 1.165) is 5.56 Å². The van der Waals surface area contributed by atoms with Crippen LogP contribution < -0.4 is 9.46 Å². The minimum absolute atomic E-state index is 0.0591. The van der Waals surface area contributed by atoms with E-state index in [1.54, 1.807) is 30.7 Å². The topological polar surface area (TPSA) is 154 Å². The maximum atomic E-state index is 13.4. The third-order valence-electron chi connectivity index (χ3n) is 5.31. The highest BCUT2D eigenvalue weighted by molar-refractivity contribution is 7.93.